The summed E-state index contributed by atoms with van der Waals surface area (Å²) in [5.74, 6) is 0. The van der Waals surface area contributed by atoms with E-state index >= 15 is 0 Å². The second kappa shape index (κ2) is 16.1. The van der Waals surface area contributed by atoms with Crippen LogP contribution < -0.4 is 9.46 Å². The second-order valence-electron chi connectivity index (χ2n) is 11.0. The van der Waals surface area contributed by atoms with E-state index in [1.54, 1.807) is 24.3 Å². The molecule has 228 valence electrons. The molecule has 0 radical (unpaired) electrons. The van der Waals surface area contributed by atoms with Crippen molar-refractivity contribution in [3.63, 3.8) is 0 Å². The molecule has 9 nitrogen and oxygen atoms in total. The van der Waals surface area contributed by atoms with Gasteiger partial charge in [0.2, 0.25) is 11.4 Å². The Kier molecular flexibility index (Phi) is 12.0. The van der Waals surface area contributed by atoms with Crippen LogP contribution in [-0.2, 0) is 17.8 Å². The van der Waals surface area contributed by atoms with Crippen LogP contribution in [0.5, 0.6) is 0 Å². The largest absolute Gasteiger partial charge is 0.618 e. The normalized spacial score (nSPS) is 18.4. The topological polar surface area (TPSA) is 110 Å². The second-order valence-corrected chi connectivity index (χ2v) is 11.0. The van der Waals surface area contributed by atoms with Crippen molar-refractivity contribution in [1.29, 1.82) is 0 Å². The maximum atomic E-state index is 11.9. The van der Waals surface area contributed by atoms with Crippen molar-refractivity contribution in [2.45, 2.75) is 51.2 Å². The highest BCUT2D eigenvalue weighted by Crippen LogP contribution is 2.24. The summed E-state index contributed by atoms with van der Waals surface area (Å²) in [4.78, 5) is 4.34. The molecule has 3 heterocycles. The molecule has 0 bridgehead atoms. The number of aromatic nitrogens is 2. The monoisotopic (exact) mass is 586 g/mol. The zero-order chi connectivity index (χ0) is 30.6. The molecule has 2 aromatic carbocycles. The number of rotatable bonds is 10. The Morgan fingerprint density at radius 2 is 1.49 bits per heavy atom. The molecule has 2 N–H and O–H groups in total. The molecule has 0 aliphatic carbocycles. The zero-order valence-electron chi connectivity index (χ0n) is 24.9. The van der Waals surface area contributed by atoms with E-state index in [0.717, 1.165) is 23.4 Å². The maximum absolute atomic E-state index is 11.9. The van der Waals surface area contributed by atoms with Crippen LogP contribution in [0.4, 0.5) is 0 Å². The van der Waals surface area contributed by atoms with Gasteiger partial charge in [0.05, 0.1) is 13.2 Å². The number of aliphatic hydroxyl groups excluding tert-OH is 2. The fraction of sp³-hybridized carbons (Fsp3) is 0.353. The molecule has 1 fully saturated rings. The Morgan fingerprint density at radius 3 is 2.12 bits per heavy atom. The van der Waals surface area contributed by atoms with Gasteiger partial charge in [-0.1, -0.05) is 60.7 Å². The highest BCUT2D eigenvalue weighted by Gasteiger charge is 2.31. The predicted octanol–water partition coefficient (Wildman–Crippen LogP) is 3.52. The van der Waals surface area contributed by atoms with Gasteiger partial charge < -0.3 is 25.4 Å². The Labute approximate surface area is 254 Å². The fourth-order valence-electron chi connectivity index (χ4n) is 5.06. The first-order chi connectivity index (χ1) is 20.9. The molecule has 4 aromatic rings. The summed E-state index contributed by atoms with van der Waals surface area (Å²) in [7, 11) is 0. The van der Waals surface area contributed by atoms with Crippen molar-refractivity contribution in [2.24, 2.45) is 0 Å². The number of pyridine rings is 2. The van der Waals surface area contributed by atoms with Crippen LogP contribution in [0, 0.1) is 10.4 Å². The van der Waals surface area contributed by atoms with Crippen molar-refractivity contribution in [1.82, 2.24) is 9.80 Å². The minimum Gasteiger partial charge on any atom is -0.618 e. The van der Waals surface area contributed by atoms with Gasteiger partial charge in [-0.3, -0.25) is 9.80 Å². The highest BCUT2D eigenvalue weighted by atomic mass is 16.5. The number of morpholine rings is 1. The Bertz CT molecular complexity index is 1380. The molecule has 1 saturated heterocycles. The minimum atomic E-state index is -0.906. The molecule has 43 heavy (non-hydrogen) atoms. The molecule has 1 aliphatic rings. The summed E-state index contributed by atoms with van der Waals surface area (Å²) in [5.41, 5.74) is 3.37. The van der Waals surface area contributed by atoms with Gasteiger partial charge in [0, 0.05) is 62.5 Å². The van der Waals surface area contributed by atoms with E-state index in [4.69, 9.17) is 4.74 Å². The molecular formula is C34H42N4O5. The first-order valence-corrected chi connectivity index (χ1v) is 14.7. The van der Waals surface area contributed by atoms with E-state index in [0.29, 0.717) is 35.3 Å². The minimum absolute atomic E-state index is 0.00822. The third-order valence-electron chi connectivity index (χ3n) is 7.69. The predicted molar refractivity (Wildman–Crippen MR) is 164 cm³/mol. The average Bonchev–Trinajstić information content (AvgIpc) is 3.03. The number of hydrogen-bond acceptors (Lipinski definition) is 7. The van der Waals surface area contributed by atoms with E-state index in [9.17, 15) is 20.6 Å². The van der Waals surface area contributed by atoms with Crippen molar-refractivity contribution in [2.75, 3.05) is 26.3 Å². The molecule has 1 aliphatic heterocycles. The molecular weight excluding hydrogens is 544 g/mol. The fourth-order valence-corrected chi connectivity index (χ4v) is 5.06. The summed E-state index contributed by atoms with van der Waals surface area (Å²) in [6.07, 6.45) is 1.83. The van der Waals surface area contributed by atoms with Crippen LogP contribution in [-0.4, -0.2) is 58.4 Å². The first-order valence-electron chi connectivity index (χ1n) is 14.7. The quantitative estimate of drug-likeness (QED) is 0.216. The van der Waals surface area contributed by atoms with Gasteiger partial charge in [-0.2, -0.15) is 9.46 Å². The summed E-state index contributed by atoms with van der Waals surface area (Å²) >= 11 is 0. The number of aliphatic hydroxyl groups is 2. The number of benzene rings is 2. The molecule has 2 unspecified atom stereocenters. The van der Waals surface area contributed by atoms with Crippen LogP contribution in [0.2, 0.25) is 0 Å². The third-order valence-corrected chi connectivity index (χ3v) is 7.69. The van der Waals surface area contributed by atoms with Gasteiger partial charge in [0.15, 0.2) is 24.6 Å². The van der Waals surface area contributed by atoms with E-state index in [2.05, 4.69) is 36.1 Å². The van der Waals surface area contributed by atoms with Gasteiger partial charge >= 0.3 is 0 Å². The SMILES string of the molecule is C[C@@H](CO)N(Cc1ccccc1)CC(O)c1cccc[n+]1[O-].C[C@H]1COC(c2cccc[n+]2[O-])CN1Cc1ccccc1. The van der Waals surface area contributed by atoms with Crippen LogP contribution in [0.15, 0.2) is 109 Å². The summed E-state index contributed by atoms with van der Waals surface area (Å²) in [6, 6.07) is 30.9. The Balaban J connectivity index is 0.000000197. The lowest BCUT2D eigenvalue weighted by atomic mass is 10.1. The molecule has 9 heteroatoms. The van der Waals surface area contributed by atoms with E-state index < -0.39 is 6.10 Å². The van der Waals surface area contributed by atoms with Gasteiger partial charge in [-0.25, -0.2) is 0 Å². The van der Waals surface area contributed by atoms with Gasteiger partial charge in [0.1, 0.15) is 0 Å². The van der Waals surface area contributed by atoms with E-state index in [1.165, 1.54) is 18.0 Å². The lowest BCUT2D eigenvalue weighted by molar-refractivity contribution is -0.619. The number of ether oxygens (including phenoxy) is 1. The summed E-state index contributed by atoms with van der Waals surface area (Å²) in [6.45, 7) is 7.20. The van der Waals surface area contributed by atoms with Crippen LogP contribution in [0.25, 0.3) is 0 Å². The average molecular weight is 587 g/mol. The number of hydrogen-bond donors (Lipinski definition) is 2. The lowest BCUT2D eigenvalue weighted by Crippen LogP contribution is -2.47. The molecule has 5 rings (SSSR count). The first kappa shape index (κ1) is 32.1. The van der Waals surface area contributed by atoms with Crippen LogP contribution in [0.3, 0.4) is 0 Å². The maximum Gasteiger partial charge on any atom is 0.222 e. The van der Waals surface area contributed by atoms with Gasteiger partial charge in [-0.15, -0.1) is 0 Å². The lowest BCUT2D eigenvalue weighted by Gasteiger charge is -2.37. The van der Waals surface area contributed by atoms with E-state index in [1.807, 2.05) is 60.4 Å². The Hall–Kier alpha value is -3.86. The van der Waals surface area contributed by atoms with Gasteiger partial charge in [0.25, 0.3) is 0 Å². The van der Waals surface area contributed by atoms with Crippen molar-refractivity contribution in [3.05, 3.63) is 142 Å². The van der Waals surface area contributed by atoms with Gasteiger partial charge in [-0.05, 0) is 37.1 Å². The summed E-state index contributed by atoms with van der Waals surface area (Å²) in [5, 5.41) is 43.4. The molecule has 0 amide bonds. The molecule has 0 saturated carbocycles. The number of nitrogens with zero attached hydrogens (tertiary/aromatic N) is 4. The van der Waals surface area contributed by atoms with Crippen molar-refractivity contribution >= 4 is 0 Å². The van der Waals surface area contributed by atoms with Crippen molar-refractivity contribution in [3.8, 4) is 0 Å². The van der Waals surface area contributed by atoms with E-state index in [-0.39, 0.29) is 25.3 Å². The molecule has 4 atom stereocenters. The zero-order valence-corrected chi connectivity index (χ0v) is 24.9. The standard InChI is InChI=1S/C17H22N2O3.C17H20N2O2/c1-14(13-20)18(11-15-7-3-2-4-8-15)12-17(21)16-9-5-6-10-19(16)22;1-14-13-21-17(16-9-5-6-10-19(16)20)12-18(14)11-15-7-3-2-4-8-15/h2-10,14,17,20-21H,11-13H2,1H3;2-10,14,17H,11-13H2,1H3/t2*14-,17?/m00/s1. The van der Waals surface area contributed by atoms with Crippen LogP contribution >= 0.6 is 0 Å². The van der Waals surface area contributed by atoms with Crippen LogP contribution in [0.1, 0.15) is 48.6 Å². The smallest absolute Gasteiger partial charge is 0.222 e. The molecule has 0 spiro atoms. The highest BCUT2D eigenvalue weighted by molar-refractivity contribution is 5.16. The summed E-state index contributed by atoms with van der Waals surface area (Å²) < 4.78 is 7.44. The third kappa shape index (κ3) is 9.31. The molecule has 2 aromatic heterocycles. The Morgan fingerprint density at radius 1 is 0.884 bits per heavy atom. The van der Waals surface area contributed by atoms with Crippen molar-refractivity contribution < 1.29 is 24.4 Å².